The van der Waals surface area contributed by atoms with E-state index in [1.54, 1.807) is 7.11 Å². The number of amides is 1. The number of nitrogens with zero attached hydrogens (tertiary/aromatic N) is 2. The van der Waals surface area contributed by atoms with Gasteiger partial charge in [0.25, 0.3) is 0 Å². The molecular weight excluding hydrogens is 703 g/mol. The third kappa shape index (κ3) is 7.98. The Balaban J connectivity index is 1.13. The summed E-state index contributed by atoms with van der Waals surface area (Å²) < 4.78 is 55.0. The molecule has 0 spiro atoms. The quantitative estimate of drug-likeness (QED) is 0.134. The van der Waals surface area contributed by atoms with Crippen molar-refractivity contribution in [3.05, 3.63) is 93.5 Å². The number of methoxy groups -OCH3 is 2. The molecule has 2 fully saturated rings. The van der Waals surface area contributed by atoms with Crippen LogP contribution in [0.3, 0.4) is 0 Å². The molecule has 3 N–H and O–H groups in total. The topological polar surface area (TPSA) is 87.8 Å². The minimum Gasteiger partial charge on any atom is -0.496 e. The number of ether oxygens (including phenoxy) is 2. The lowest BCUT2D eigenvalue weighted by Gasteiger charge is -2.24. The van der Waals surface area contributed by atoms with Crippen LogP contribution in [0.2, 0.25) is 5.02 Å². The first-order chi connectivity index (χ1) is 25.5. The van der Waals surface area contributed by atoms with Crippen LogP contribution in [0.1, 0.15) is 66.5 Å². The molecule has 3 atom stereocenters. The van der Waals surface area contributed by atoms with Crippen molar-refractivity contribution in [2.45, 2.75) is 70.4 Å². The second-order valence-electron chi connectivity index (χ2n) is 14.4. The summed E-state index contributed by atoms with van der Waals surface area (Å²) in [4.78, 5) is 18.5. The van der Waals surface area contributed by atoms with Crippen LogP contribution in [0.25, 0.3) is 22.4 Å². The van der Waals surface area contributed by atoms with Crippen molar-refractivity contribution in [1.82, 2.24) is 20.5 Å². The molecule has 2 aliphatic heterocycles. The molecule has 8 nitrogen and oxygen atoms in total. The van der Waals surface area contributed by atoms with E-state index in [1.165, 1.54) is 19.2 Å². The normalized spacial score (nSPS) is 20.1. The summed E-state index contributed by atoms with van der Waals surface area (Å²) in [7, 11) is 3.09. The molecule has 1 aliphatic carbocycles. The van der Waals surface area contributed by atoms with E-state index < -0.39 is 11.7 Å². The van der Waals surface area contributed by atoms with Gasteiger partial charge in [-0.1, -0.05) is 61.0 Å². The molecule has 280 valence electrons. The van der Waals surface area contributed by atoms with Gasteiger partial charge in [-0.2, -0.15) is 13.2 Å². The summed E-state index contributed by atoms with van der Waals surface area (Å²) in [5.41, 5.74) is 5.91. The second-order valence-corrected chi connectivity index (χ2v) is 14.8. The highest BCUT2D eigenvalue weighted by Gasteiger charge is 2.37. The minimum absolute atomic E-state index is 0.0140. The Morgan fingerprint density at radius 1 is 0.962 bits per heavy atom. The van der Waals surface area contributed by atoms with Crippen molar-refractivity contribution < 1.29 is 27.4 Å². The van der Waals surface area contributed by atoms with Crippen LogP contribution >= 0.6 is 11.6 Å². The maximum Gasteiger partial charge on any atom is 0.418 e. The molecule has 1 aromatic heterocycles. The lowest BCUT2D eigenvalue weighted by Crippen LogP contribution is -2.35. The van der Waals surface area contributed by atoms with Gasteiger partial charge in [-0.15, -0.1) is 0 Å². The molecule has 3 aliphatic rings. The van der Waals surface area contributed by atoms with Crippen LogP contribution in [0.4, 0.5) is 18.9 Å². The smallest absolute Gasteiger partial charge is 0.418 e. The Labute approximate surface area is 313 Å². The molecule has 53 heavy (non-hydrogen) atoms. The van der Waals surface area contributed by atoms with Gasteiger partial charge in [-0.3, -0.25) is 9.69 Å². The SMILES string of the molecule is COc1cc(N[C@H]2CCc3c(-c4cccc(-c5ccc(CNC[C@@H]6CCC(=O)N6)c(OC)n5)c4Cl)cccc32)c(C(F)(F)F)cc1CN1CC[C@@H](C)C1. The van der Waals surface area contributed by atoms with Crippen LogP contribution < -0.4 is 25.4 Å². The van der Waals surface area contributed by atoms with Gasteiger partial charge < -0.3 is 25.4 Å². The van der Waals surface area contributed by atoms with Crippen molar-refractivity contribution in [3.63, 3.8) is 0 Å². The Hall–Kier alpha value is -4.32. The Morgan fingerprint density at radius 2 is 1.75 bits per heavy atom. The highest BCUT2D eigenvalue weighted by molar-refractivity contribution is 6.36. The number of alkyl halides is 3. The number of hydrogen-bond donors (Lipinski definition) is 3. The monoisotopic (exact) mass is 747 g/mol. The maximum atomic E-state index is 14.6. The maximum absolute atomic E-state index is 14.6. The number of rotatable bonds is 12. The number of carbonyl (C=O) groups is 1. The van der Waals surface area contributed by atoms with Crippen LogP contribution in [0, 0.1) is 5.92 Å². The third-order valence-corrected chi connectivity index (χ3v) is 11.1. The largest absolute Gasteiger partial charge is 0.496 e. The van der Waals surface area contributed by atoms with Gasteiger partial charge in [0.15, 0.2) is 0 Å². The first-order valence-corrected chi connectivity index (χ1v) is 18.6. The summed E-state index contributed by atoms with van der Waals surface area (Å²) in [5, 5.41) is 10.1. The van der Waals surface area contributed by atoms with Gasteiger partial charge in [0.1, 0.15) is 5.75 Å². The average Bonchev–Trinajstić information content (AvgIpc) is 3.88. The van der Waals surface area contributed by atoms with Crippen molar-refractivity contribution in [3.8, 4) is 34.0 Å². The summed E-state index contributed by atoms with van der Waals surface area (Å²) >= 11 is 7.15. The highest BCUT2D eigenvalue weighted by atomic mass is 35.5. The molecule has 7 rings (SSSR count). The molecule has 2 saturated heterocycles. The lowest BCUT2D eigenvalue weighted by atomic mass is 9.94. The number of benzene rings is 3. The number of likely N-dealkylation sites (tertiary alicyclic amines) is 1. The first-order valence-electron chi connectivity index (χ1n) is 18.2. The molecule has 3 aromatic carbocycles. The summed E-state index contributed by atoms with van der Waals surface area (Å²) in [5.74, 6) is 1.54. The first kappa shape index (κ1) is 37.0. The van der Waals surface area contributed by atoms with E-state index in [4.69, 9.17) is 26.1 Å². The van der Waals surface area contributed by atoms with Gasteiger partial charge >= 0.3 is 6.18 Å². The standard InChI is InChI=1S/C41H45ClF3N5O3/c1-24-16-17-50(22-24)23-26-18-33(41(43,44)45)36(19-37(26)52-2)48-34-14-12-29-28(6-4-7-30(29)34)31-8-5-9-32(39(31)42)35-13-10-25(40(49-35)53-3)20-46-21-27-11-15-38(51)47-27/h4-10,13,18-19,24,27,34,46,48H,11-12,14-17,20-23H2,1-3H3,(H,47,51)/t24-,27+,34+/m1/s1. The number of fused-ring (bicyclic) bond motifs is 1. The van der Waals surface area contributed by atoms with E-state index in [1.807, 2.05) is 48.5 Å². The molecule has 4 aromatic rings. The fourth-order valence-electron chi connectivity index (χ4n) is 8.03. The van der Waals surface area contributed by atoms with Crippen LogP contribution in [-0.4, -0.2) is 55.7 Å². The molecule has 12 heteroatoms. The van der Waals surface area contributed by atoms with E-state index in [-0.39, 0.29) is 23.7 Å². The fourth-order valence-corrected chi connectivity index (χ4v) is 8.35. The minimum atomic E-state index is -4.54. The number of aromatic nitrogens is 1. The number of halogens is 4. The molecular formula is C41H45ClF3N5O3. The molecule has 0 radical (unpaired) electrons. The van der Waals surface area contributed by atoms with Crippen molar-refractivity contribution in [2.75, 3.05) is 39.2 Å². The number of carbonyl (C=O) groups excluding carboxylic acids is 1. The van der Waals surface area contributed by atoms with E-state index >= 15 is 0 Å². The zero-order chi connectivity index (χ0) is 37.3. The van der Waals surface area contributed by atoms with Crippen LogP contribution in [0.5, 0.6) is 11.6 Å². The predicted octanol–water partition coefficient (Wildman–Crippen LogP) is 8.41. The third-order valence-electron chi connectivity index (χ3n) is 10.7. The lowest BCUT2D eigenvalue weighted by molar-refractivity contribution is -0.137. The number of anilines is 1. The van der Waals surface area contributed by atoms with Crippen molar-refractivity contribution in [1.29, 1.82) is 0 Å². The molecule has 0 bridgehead atoms. The van der Waals surface area contributed by atoms with E-state index in [9.17, 15) is 18.0 Å². The number of nitrogens with one attached hydrogen (secondary N) is 3. The molecule has 3 heterocycles. The van der Waals surface area contributed by atoms with Gasteiger partial charge in [-0.25, -0.2) is 4.98 Å². The second kappa shape index (κ2) is 15.6. The zero-order valence-corrected chi connectivity index (χ0v) is 31.0. The van der Waals surface area contributed by atoms with Crippen LogP contribution in [0.15, 0.2) is 60.7 Å². The Kier molecular flexibility index (Phi) is 10.9. The summed E-state index contributed by atoms with van der Waals surface area (Å²) in [6.45, 7) is 5.48. The van der Waals surface area contributed by atoms with Gasteiger partial charge in [0.2, 0.25) is 11.8 Å². The number of pyridine rings is 1. The molecule has 1 amide bonds. The fraction of sp³-hybridized carbons (Fsp3) is 0.415. The van der Waals surface area contributed by atoms with E-state index in [0.717, 1.165) is 59.3 Å². The Morgan fingerprint density at radius 3 is 2.47 bits per heavy atom. The zero-order valence-electron chi connectivity index (χ0n) is 30.2. The summed E-state index contributed by atoms with van der Waals surface area (Å²) in [6.07, 6.45) is -0.839. The van der Waals surface area contributed by atoms with E-state index in [2.05, 4.69) is 27.8 Å². The molecule has 0 unspecified atom stereocenters. The summed E-state index contributed by atoms with van der Waals surface area (Å²) in [6, 6.07) is 18.2. The predicted molar refractivity (Wildman–Crippen MR) is 201 cm³/mol. The molecule has 0 saturated carbocycles. The number of hydrogen-bond acceptors (Lipinski definition) is 7. The highest BCUT2D eigenvalue weighted by Crippen LogP contribution is 2.46. The van der Waals surface area contributed by atoms with Gasteiger partial charge in [0, 0.05) is 67.0 Å². The average molecular weight is 748 g/mol. The Bertz CT molecular complexity index is 1990. The van der Waals surface area contributed by atoms with Crippen LogP contribution in [-0.2, 0) is 30.5 Å². The van der Waals surface area contributed by atoms with Gasteiger partial charge in [0.05, 0.1) is 42.2 Å². The van der Waals surface area contributed by atoms with Crippen molar-refractivity contribution >= 4 is 23.2 Å². The van der Waals surface area contributed by atoms with Gasteiger partial charge in [-0.05, 0) is 67.0 Å². The van der Waals surface area contributed by atoms with Crippen molar-refractivity contribution in [2.24, 2.45) is 5.92 Å². The van der Waals surface area contributed by atoms with E-state index in [0.29, 0.717) is 72.7 Å².